The van der Waals surface area contributed by atoms with Crippen LogP contribution in [0.5, 0.6) is 5.88 Å². The van der Waals surface area contributed by atoms with E-state index < -0.39 is 0 Å². The van der Waals surface area contributed by atoms with E-state index in [1.165, 1.54) is 0 Å². The van der Waals surface area contributed by atoms with Crippen molar-refractivity contribution in [2.75, 3.05) is 27.2 Å². The molecule has 2 N–H and O–H groups in total. The average molecular weight is 539 g/mol. The van der Waals surface area contributed by atoms with Gasteiger partial charge in [-0.05, 0) is 50.5 Å². The molecule has 0 saturated carbocycles. The van der Waals surface area contributed by atoms with Gasteiger partial charge in [-0.15, -0.1) is 24.0 Å². The van der Waals surface area contributed by atoms with Gasteiger partial charge in [-0.25, -0.2) is 9.98 Å². The van der Waals surface area contributed by atoms with E-state index in [9.17, 15) is 4.79 Å². The second kappa shape index (κ2) is 13.8. The number of rotatable bonds is 9. The van der Waals surface area contributed by atoms with Crippen LogP contribution in [0.4, 0.5) is 0 Å². The van der Waals surface area contributed by atoms with Gasteiger partial charge in [-0.2, -0.15) is 0 Å². The molecule has 0 atom stereocenters. The third kappa shape index (κ3) is 9.54. The van der Waals surface area contributed by atoms with E-state index in [1.54, 1.807) is 25.2 Å². The summed E-state index contributed by atoms with van der Waals surface area (Å²) in [7, 11) is 3.52. The van der Waals surface area contributed by atoms with Crippen molar-refractivity contribution in [2.24, 2.45) is 4.99 Å². The SMILES string of the molecule is CCNC(=NCc1ccc(OC(C)C)nc1)NCCc1cccc(C(=O)N(C)C)c1.I. The molecule has 7 nitrogen and oxygen atoms in total. The summed E-state index contributed by atoms with van der Waals surface area (Å²) in [6, 6.07) is 11.6. The first-order valence-corrected chi connectivity index (χ1v) is 10.3. The fourth-order valence-electron chi connectivity index (χ4n) is 2.77. The van der Waals surface area contributed by atoms with Crippen LogP contribution in [0.1, 0.15) is 42.3 Å². The van der Waals surface area contributed by atoms with Crippen molar-refractivity contribution >= 4 is 35.8 Å². The lowest BCUT2D eigenvalue weighted by molar-refractivity contribution is 0.0827. The first-order valence-electron chi connectivity index (χ1n) is 10.3. The zero-order valence-corrected chi connectivity index (χ0v) is 21.3. The Labute approximate surface area is 202 Å². The molecule has 0 aliphatic heterocycles. The maximum absolute atomic E-state index is 12.1. The van der Waals surface area contributed by atoms with Crippen LogP contribution in [0.2, 0.25) is 0 Å². The van der Waals surface area contributed by atoms with E-state index in [0.717, 1.165) is 30.1 Å². The molecule has 170 valence electrons. The molecule has 8 heteroatoms. The molecule has 0 spiro atoms. The van der Waals surface area contributed by atoms with Crippen molar-refractivity contribution < 1.29 is 9.53 Å². The fraction of sp³-hybridized carbons (Fsp3) is 0.435. The van der Waals surface area contributed by atoms with E-state index in [2.05, 4.69) is 20.6 Å². The number of carbonyl (C=O) groups excluding carboxylic acids is 1. The number of benzene rings is 1. The topological polar surface area (TPSA) is 78.9 Å². The summed E-state index contributed by atoms with van der Waals surface area (Å²) in [4.78, 5) is 22.7. The van der Waals surface area contributed by atoms with Gasteiger partial charge < -0.3 is 20.3 Å². The molecule has 2 aromatic rings. The van der Waals surface area contributed by atoms with Gasteiger partial charge in [-0.1, -0.05) is 18.2 Å². The van der Waals surface area contributed by atoms with Gasteiger partial charge in [0.2, 0.25) is 5.88 Å². The Morgan fingerprint density at radius 1 is 1.16 bits per heavy atom. The number of nitrogens with zero attached hydrogens (tertiary/aromatic N) is 3. The Balaban J connectivity index is 0.00000480. The zero-order chi connectivity index (χ0) is 21.9. The monoisotopic (exact) mass is 539 g/mol. The van der Waals surface area contributed by atoms with Crippen LogP contribution in [0, 0.1) is 0 Å². The summed E-state index contributed by atoms with van der Waals surface area (Å²) in [6.45, 7) is 8.00. The maximum atomic E-state index is 12.1. The molecule has 1 aromatic carbocycles. The normalized spacial score (nSPS) is 11.0. The smallest absolute Gasteiger partial charge is 0.253 e. The molecule has 0 aliphatic rings. The summed E-state index contributed by atoms with van der Waals surface area (Å²) >= 11 is 0. The Hall–Kier alpha value is -2.36. The van der Waals surface area contributed by atoms with Crippen LogP contribution in [-0.4, -0.2) is 55.0 Å². The first kappa shape index (κ1) is 26.7. The molecular weight excluding hydrogens is 505 g/mol. The molecule has 1 heterocycles. The maximum Gasteiger partial charge on any atom is 0.253 e. The van der Waals surface area contributed by atoms with Gasteiger partial charge in [0.05, 0.1) is 12.6 Å². The number of aliphatic imine (C=N–C) groups is 1. The summed E-state index contributed by atoms with van der Waals surface area (Å²) in [5.74, 6) is 1.39. The molecule has 1 aromatic heterocycles. The summed E-state index contributed by atoms with van der Waals surface area (Å²) < 4.78 is 5.57. The van der Waals surface area contributed by atoms with E-state index in [0.29, 0.717) is 24.5 Å². The minimum atomic E-state index is 0. The summed E-state index contributed by atoms with van der Waals surface area (Å²) in [5, 5.41) is 6.60. The number of guanidine groups is 1. The highest BCUT2D eigenvalue weighted by atomic mass is 127. The number of carbonyl (C=O) groups is 1. The van der Waals surface area contributed by atoms with Gasteiger partial charge >= 0.3 is 0 Å². The molecule has 31 heavy (non-hydrogen) atoms. The largest absolute Gasteiger partial charge is 0.475 e. The number of pyridine rings is 1. The zero-order valence-electron chi connectivity index (χ0n) is 19.0. The molecule has 0 fully saturated rings. The standard InChI is InChI=1S/C23H33N5O2.HI/c1-6-24-23(27-16-19-10-11-21(26-15-19)30-17(2)3)25-13-12-18-8-7-9-20(14-18)22(29)28(4)5;/h7-11,14-15,17H,6,12-13,16H2,1-5H3,(H2,24,25,27);1H. The van der Waals surface area contributed by atoms with Crippen molar-refractivity contribution in [3.8, 4) is 5.88 Å². The molecule has 1 amide bonds. The molecule has 0 saturated heterocycles. The first-order chi connectivity index (χ1) is 14.4. The third-order valence-electron chi connectivity index (χ3n) is 4.20. The van der Waals surface area contributed by atoms with Crippen LogP contribution in [0.15, 0.2) is 47.6 Å². The van der Waals surface area contributed by atoms with Crippen molar-refractivity contribution in [3.05, 3.63) is 59.3 Å². The Morgan fingerprint density at radius 3 is 2.55 bits per heavy atom. The highest BCUT2D eigenvalue weighted by molar-refractivity contribution is 14.0. The Bertz CT molecular complexity index is 838. The van der Waals surface area contributed by atoms with E-state index >= 15 is 0 Å². The van der Waals surface area contributed by atoms with Crippen LogP contribution in [0.25, 0.3) is 0 Å². The number of ether oxygens (including phenoxy) is 1. The lowest BCUT2D eigenvalue weighted by Gasteiger charge is -2.13. The van der Waals surface area contributed by atoms with Gasteiger partial charge in [0, 0.05) is 45.0 Å². The van der Waals surface area contributed by atoms with Gasteiger partial charge in [0.15, 0.2) is 5.96 Å². The molecule has 0 radical (unpaired) electrons. The molecular formula is C23H34IN5O2. The lowest BCUT2D eigenvalue weighted by Crippen LogP contribution is -2.38. The number of hydrogen-bond donors (Lipinski definition) is 2. The predicted octanol–water partition coefficient (Wildman–Crippen LogP) is 3.49. The van der Waals surface area contributed by atoms with Crippen LogP contribution >= 0.6 is 24.0 Å². The van der Waals surface area contributed by atoms with Crippen LogP contribution in [-0.2, 0) is 13.0 Å². The second-order valence-electron chi connectivity index (χ2n) is 7.44. The summed E-state index contributed by atoms with van der Waals surface area (Å²) in [6.07, 6.45) is 2.69. The minimum Gasteiger partial charge on any atom is -0.475 e. The Kier molecular flexibility index (Phi) is 11.9. The number of nitrogens with one attached hydrogen (secondary N) is 2. The number of aromatic nitrogens is 1. The van der Waals surface area contributed by atoms with Crippen LogP contribution in [0.3, 0.4) is 0 Å². The fourth-order valence-corrected chi connectivity index (χ4v) is 2.77. The van der Waals surface area contributed by atoms with Gasteiger partial charge in [0.25, 0.3) is 5.91 Å². The van der Waals surface area contributed by atoms with Crippen LogP contribution < -0.4 is 15.4 Å². The number of hydrogen-bond acceptors (Lipinski definition) is 4. The highest BCUT2D eigenvalue weighted by Crippen LogP contribution is 2.10. The minimum absolute atomic E-state index is 0. The molecule has 0 unspecified atom stereocenters. The number of amides is 1. The highest BCUT2D eigenvalue weighted by Gasteiger charge is 2.08. The van der Waals surface area contributed by atoms with Crippen molar-refractivity contribution in [3.63, 3.8) is 0 Å². The third-order valence-corrected chi connectivity index (χ3v) is 4.20. The van der Waals surface area contributed by atoms with E-state index in [1.807, 2.05) is 57.2 Å². The van der Waals surface area contributed by atoms with E-state index in [-0.39, 0.29) is 36.0 Å². The number of halogens is 1. The summed E-state index contributed by atoms with van der Waals surface area (Å²) in [5.41, 5.74) is 2.82. The second-order valence-corrected chi connectivity index (χ2v) is 7.44. The van der Waals surface area contributed by atoms with Crippen molar-refractivity contribution in [2.45, 2.75) is 39.8 Å². The molecule has 0 aliphatic carbocycles. The van der Waals surface area contributed by atoms with Crippen molar-refractivity contribution in [1.29, 1.82) is 0 Å². The van der Waals surface area contributed by atoms with Gasteiger partial charge in [-0.3, -0.25) is 4.79 Å². The van der Waals surface area contributed by atoms with Crippen molar-refractivity contribution in [1.82, 2.24) is 20.5 Å². The van der Waals surface area contributed by atoms with E-state index in [4.69, 9.17) is 4.74 Å². The average Bonchev–Trinajstić information content (AvgIpc) is 2.72. The van der Waals surface area contributed by atoms with Gasteiger partial charge in [0.1, 0.15) is 0 Å². The predicted molar refractivity (Wildman–Crippen MR) is 136 cm³/mol. The molecule has 2 rings (SSSR count). The quantitative estimate of drug-likeness (QED) is 0.290. The molecule has 0 bridgehead atoms. The lowest BCUT2D eigenvalue weighted by atomic mass is 10.1. The Morgan fingerprint density at radius 2 is 1.94 bits per heavy atom.